The minimum atomic E-state index is 0.0933. The third-order valence-electron chi connectivity index (χ3n) is 3.19. The SMILES string of the molecule is CNCc1ccc(NC(=O)C2CCOCC2)cc1. The molecule has 0 atom stereocenters. The maximum absolute atomic E-state index is 12.0. The predicted octanol–water partition coefficient (Wildman–Crippen LogP) is 1.77. The van der Waals surface area contributed by atoms with Crippen molar-refractivity contribution in [1.29, 1.82) is 0 Å². The molecular weight excluding hydrogens is 228 g/mol. The molecule has 1 heterocycles. The van der Waals surface area contributed by atoms with Gasteiger partial charge < -0.3 is 15.4 Å². The standard InChI is InChI=1S/C14H20N2O2/c1-15-10-11-2-4-13(5-3-11)16-14(17)12-6-8-18-9-7-12/h2-5,12,15H,6-10H2,1H3,(H,16,17). The second kappa shape index (κ2) is 6.52. The number of carbonyl (C=O) groups is 1. The van der Waals surface area contributed by atoms with Gasteiger partial charge >= 0.3 is 0 Å². The van der Waals surface area contributed by atoms with E-state index in [9.17, 15) is 4.79 Å². The normalized spacial score (nSPS) is 16.5. The fraction of sp³-hybridized carbons (Fsp3) is 0.500. The van der Waals surface area contributed by atoms with Gasteiger partial charge in [0.2, 0.25) is 5.91 Å². The zero-order chi connectivity index (χ0) is 12.8. The van der Waals surface area contributed by atoms with Crippen LogP contribution in [-0.4, -0.2) is 26.2 Å². The third kappa shape index (κ3) is 3.55. The summed E-state index contributed by atoms with van der Waals surface area (Å²) in [6.45, 7) is 2.23. The molecule has 0 unspecified atom stereocenters. The first kappa shape index (κ1) is 13.1. The van der Waals surface area contributed by atoms with Gasteiger partial charge in [-0.15, -0.1) is 0 Å². The Morgan fingerprint density at radius 1 is 1.28 bits per heavy atom. The fourth-order valence-electron chi connectivity index (χ4n) is 2.11. The summed E-state index contributed by atoms with van der Waals surface area (Å²) < 4.78 is 5.26. The van der Waals surface area contributed by atoms with Crippen molar-refractivity contribution in [2.75, 3.05) is 25.6 Å². The molecule has 2 rings (SSSR count). The van der Waals surface area contributed by atoms with E-state index in [1.807, 2.05) is 31.3 Å². The van der Waals surface area contributed by atoms with Crippen molar-refractivity contribution in [1.82, 2.24) is 5.32 Å². The molecular formula is C14H20N2O2. The van der Waals surface area contributed by atoms with Crippen LogP contribution in [0.2, 0.25) is 0 Å². The smallest absolute Gasteiger partial charge is 0.227 e. The summed E-state index contributed by atoms with van der Waals surface area (Å²) in [6, 6.07) is 7.94. The summed E-state index contributed by atoms with van der Waals surface area (Å²) in [6.07, 6.45) is 1.65. The Bertz CT molecular complexity index is 383. The van der Waals surface area contributed by atoms with E-state index in [4.69, 9.17) is 4.74 Å². The Morgan fingerprint density at radius 2 is 1.94 bits per heavy atom. The zero-order valence-corrected chi connectivity index (χ0v) is 10.7. The molecule has 1 fully saturated rings. The topological polar surface area (TPSA) is 50.4 Å². The van der Waals surface area contributed by atoms with Gasteiger partial charge in [-0.25, -0.2) is 0 Å². The molecule has 0 aromatic heterocycles. The molecule has 98 valence electrons. The maximum Gasteiger partial charge on any atom is 0.227 e. The van der Waals surface area contributed by atoms with E-state index >= 15 is 0 Å². The quantitative estimate of drug-likeness (QED) is 0.854. The van der Waals surface area contributed by atoms with Crippen LogP contribution in [0.3, 0.4) is 0 Å². The van der Waals surface area contributed by atoms with Crippen LogP contribution in [0.25, 0.3) is 0 Å². The minimum absolute atomic E-state index is 0.0933. The molecule has 18 heavy (non-hydrogen) atoms. The number of carbonyl (C=O) groups excluding carboxylic acids is 1. The van der Waals surface area contributed by atoms with Crippen molar-refractivity contribution >= 4 is 11.6 Å². The highest BCUT2D eigenvalue weighted by Gasteiger charge is 2.21. The van der Waals surface area contributed by atoms with E-state index in [-0.39, 0.29) is 11.8 Å². The molecule has 0 spiro atoms. The first-order chi connectivity index (χ1) is 8.79. The summed E-state index contributed by atoms with van der Waals surface area (Å²) in [5, 5.41) is 6.06. The van der Waals surface area contributed by atoms with Gasteiger partial charge in [0, 0.05) is 31.4 Å². The molecule has 1 aliphatic rings. The van der Waals surface area contributed by atoms with Crippen molar-refractivity contribution in [2.45, 2.75) is 19.4 Å². The molecule has 1 aliphatic heterocycles. The van der Waals surface area contributed by atoms with Crippen molar-refractivity contribution in [3.05, 3.63) is 29.8 Å². The average Bonchev–Trinajstić information content (AvgIpc) is 2.42. The van der Waals surface area contributed by atoms with Crippen LogP contribution < -0.4 is 10.6 Å². The lowest BCUT2D eigenvalue weighted by atomic mass is 9.99. The Morgan fingerprint density at radius 3 is 2.56 bits per heavy atom. The number of hydrogen-bond acceptors (Lipinski definition) is 3. The second-order valence-corrected chi connectivity index (χ2v) is 4.60. The van der Waals surface area contributed by atoms with Crippen LogP contribution in [0.5, 0.6) is 0 Å². The average molecular weight is 248 g/mol. The lowest BCUT2D eigenvalue weighted by molar-refractivity contribution is -0.122. The van der Waals surface area contributed by atoms with Gasteiger partial charge in [0.05, 0.1) is 0 Å². The van der Waals surface area contributed by atoms with Gasteiger partial charge in [-0.2, -0.15) is 0 Å². The first-order valence-electron chi connectivity index (χ1n) is 6.42. The van der Waals surface area contributed by atoms with E-state index in [2.05, 4.69) is 10.6 Å². The Kier molecular flexibility index (Phi) is 4.73. The van der Waals surface area contributed by atoms with E-state index in [1.165, 1.54) is 5.56 Å². The molecule has 1 saturated heterocycles. The number of anilines is 1. The number of benzene rings is 1. The van der Waals surface area contributed by atoms with Gasteiger partial charge in [0.25, 0.3) is 0 Å². The fourth-order valence-corrected chi connectivity index (χ4v) is 2.11. The van der Waals surface area contributed by atoms with Crippen LogP contribution in [-0.2, 0) is 16.1 Å². The number of nitrogens with one attached hydrogen (secondary N) is 2. The number of amides is 1. The molecule has 4 nitrogen and oxygen atoms in total. The van der Waals surface area contributed by atoms with Gasteiger partial charge in [0.1, 0.15) is 0 Å². The highest BCUT2D eigenvalue weighted by atomic mass is 16.5. The number of hydrogen-bond donors (Lipinski definition) is 2. The van der Waals surface area contributed by atoms with Crippen molar-refractivity contribution in [2.24, 2.45) is 5.92 Å². The Hall–Kier alpha value is -1.39. The zero-order valence-electron chi connectivity index (χ0n) is 10.7. The Labute approximate surface area is 108 Å². The van der Waals surface area contributed by atoms with E-state index in [0.29, 0.717) is 13.2 Å². The molecule has 1 aromatic rings. The largest absolute Gasteiger partial charge is 0.381 e. The van der Waals surface area contributed by atoms with Crippen LogP contribution in [0.4, 0.5) is 5.69 Å². The molecule has 1 amide bonds. The molecule has 1 aromatic carbocycles. The van der Waals surface area contributed by atoms with Crippen LogP contribution in [0, 0.1) is 5.92 Å². The first-order valence-corrected chi connectivity index (χ1v) is 6.42. The molecule has 2 N–H and O–H groups in total. The highest BCUT2D eigenvalue weighted by Crippen LogP contribution is 2.17. The number of rotatable bonds is 4. The van der Waals surface area contributed by atoms with E-state index in [0.717, 1.165) is 25.1 Å². The summed E-state index contributed by atoms with van der Waals surface area (Å²) in [5.74, 6) is 0.204. The lowest BCUT2D eigenvalue weighted by Gasteiger charge is -2.21. The summed E-state index contributed by atoms with van der Waals surface area (Å²) >= 11 is 0. The molecule has 0 radical (unpaired) electrons. The lowest BCUT2D eigenvalue weighted by Crippen LogP contribution is -2.28. The second-order valence-electron chi connectivity index (χ2n) is 4.60. The summed E-state index contributed by atoms with van der Waals surface area (Å²) in [5.41, 5.74) is 2.08. The van der Waals surface area contributed by atoms with E-state index < -0.39 is 0 Å². The Balaban J connectivity index is 1.89. The van der Waals surface area contributed by atoms with Gasteiger partial charge in [-0.3, -0.25) is 4.79 Å². The highest BCUT2D eigenvalue weighted by molar-refractivity contribution is 5.92. The minimum Gasteiger partial charge on any atom is -0.381 e. The molecule has 0 bridgehead atoms. The van der Waals surface area contributed by atoms with Gasteiger partial charge in [-0.05, 0) is 37.6 Å². The van der Waals surface area contributed by atoms with Crippen LogP contribution in [0.1, 0.15) is 18.4 Å². The summed E-state index contributed by atoms with van der Waals surface area (Å²) in [7, 11) is 1.92. The van der Waals surface area contributed by atoms with Gasteiger partial charge in [-0.1, -0.05) is 12.1 Å². The van der Waals surface area contributed by atoms with Crippen molar-refractivity contribution in [3.8, 4) is 0 Å². The monoisotopic (exact) mass is 248 g/mol. The van der Waals surface area contributed by atoms with Crippen molar-refractivity contribution < 1.29 is 9.53 Å². The molecule has 0 aliphatic carbocycles. The van der Waals surface area contributed by atoms with Crippen molar-refractivity contribution in [3.63, 3.8) is 0 Å². The maximum atomic E-state index is 12.0. The molecule has 0 saturated carbocycles. The number of ether oxygens (including phenoxy) is 1. The molecule has 4 heteroatoms. The van der Waals surface area contributed by atoms with Crippen LogP contribution >= 0.6 is 0 Å². The third-order valence-corrected chi connectivity index (χ3v) is 3.19. The van der Waals surface area contributed by atoms with Crippen LogP contribution in [0.15, 0.2) is 24.3 Å². The predicted molar refractivity (Wildman–Crippen MR) is 71.4 cm³/mol. The van der Waals surface area contributed by atoms with Gasteiger partial charge in [0.15, 0.2) is 0 Å². The van der Waals surface area contributed by atoms with E-state index in [1.54, 1.807) is 0 Å². The summed E-state index contributed by atoms with van der Waals surface area (Å²) in [4.78, 5) is 12.0.